The molecule has 1 atom stereocenters. The number of furan rings is 1. The summed E-state index contributed by atoms with van der Waals surface area (Å²) in [4.78, 5) is 0. The van der Waals surface area contributed by atoms with Gasteiger partial charge in [0.25, 0.3) is 0 Å². The first-order chi connectivity index (χ1) is 6.90. The molecule has 0 aromatic carbocycles. The van der Waals surface area contributed by atoms with E-state index >= 15 is 0 Å². The van der Waals surface area contributed by atoms with Gasteiger partial charge in [-0.1, -0.05) is 0 Å². The number of hydrogen-bond donors (Lipinski definition) is 1. The second-order valence-electron chi connectivity index (χ2n) is 2.87. The Kier molecular flexibility index (Phi) is 4.18. The zero-order chi connectivity index (χ0) is 11.5. The molecule has 0 fully saturated rings. The van der Waals surface area contributed by atoms with Crippen LogP contribution in [-0.2, 0) is 4.74 Å². The summed E-state index contributed by atoms with van der Waals surface area (Å²) in [5.41, 5.74) is 5.55. The summed E-state index contributed by atoms with van der Waals surface area (Å²) >= 11 is 3.15. The molecule has 0 saturated carbocycles. The minimum Gasteiger partial charge on any atom is -0.466 e. The predicted molar refractivity (Wildman–Crippen MR) is 50.2 cm³/mol. The lowest BCUT2D eigenvalue weighted by Crippen LogP contribution is -2.23. The summed E-state index contributed by atoms with van der Waals surface area (Å²) in [6, 6.07) is 0.899. The first-order valence-corrected chi connectivity index (χ1v) is 4.82. The molecule has 0 amide bonds. The van der Waals surface area contributed by atoms with Gasteiger partial charge < -0.3 is 14.9 Å². The van der Waals surface area contributed by atoms with Crippen LogP contribution in [0.1, 0.15) is 11.8 Å². The number of halogens is 4. The third-order valence-corrected chi connectivity index (χ3v) is 2.20. The van der Waals surface area contributed by atoms with Crippen molar-refractivity contribution < 1.29 is 22.3 Å². The van der Waals surface area contributed by atoms with Gasteiger partial charge >= 0.3 is 6.18 Å². The van der Waals surface area contributed by atoms with Crippen LogP contribution in [-0.4, -0.2) is 19.4 Å². The van der Waals surface area contributed by atoms with Gasteiger partial charge in [-0.3, -0.25) is 0 Å². The average molecular weight is 288 g/mol. The SMILES string of the molecule is NC(COCC(F)(F)F)c1occc1Br. The monoisotopic (exact) mass is 287 g/mol. The predicted octanol–water partition coefficient (Wildman–Crippen LogP) is 2.62. The molecule has 1 aromatic heterocycles. The van der Waals surface area contributed by atoms with Gasteiger partial charge in [0, 0.05) is 0 Å². The first-order valence-electron chi connectivity index (χ1n) is 4.03. The highest BCUT2D eigenvalue weighted by Crippen LogP contribution is 2.23. The minimum atomic E-state index is -4.33. The fraction of sp³-hybridized carbons (Fsp3) is 0.500. The van der Waals surface area contributed by atoms with E-state index < -0.39 is 18.8 Å². The Labute approximate surface area is 92.5 Å². The highest BCUT2D eigenvalue weighted by Gasteiger charge is 2.28. The molecule has 0 saturated heterocycles. The Morgan fingerprint density at radius 3 is 2.67 bits per heavy atom. The molecule has 15 heavy (non-hydrogen) atoms. The summed E-state index contributed by atoms with van der Waals surface area (Å²) in [5.74, 6) is 0.372. The van der Waals surface area contributed by atoms with Crippen LogP contribution < -0.4 is 5.73 Å². The van der Waals surface area contributed by atoms with Gasteiger partial charge in [0.15, 0.2) is 0 Å². The van der Waals surface area contributed by atoms with Gasteiger partial charge in [0.2, 0.25) is 0 Å². The van der Waals surface area contributed by atoms with Crippen LogP contribution in [0.4, 0.5) is 13.2 Å². The van der Waals surface area contributed by atoms with Gasteiger partial charge in [0.05, 0.1) is 23.4 Å². The molecule has 1 aromatic rings. The lowest BCUT2D eigenvalue weighted by atomic mass is 10.2. The van der Waals surface area contributed by atoms with Crippen LogP contribution in [0.5, 0.6) is 0 Å². The zero-order valence-electron chi connectivity index (χ0n) is 7.55. The van der Waals surface area contributed by atoms with Crippen LogP contribution >= 0.6 is 15.9 Å². The summed E-state index contributed by atoms with van der Waals surface area (Å²) in [6.45, 7) is -1.55. The van der Waals surface area contributed by atoms with Crippen LogP contribution in [0.3, 0.4) is 0 Å². The van der Waals surface area contributed by atoms with E-state index in [4.69, 9.17) is 10.2 Å². The van der Waals surface area contributed by atoms with Gasteiger partial charge in [-0.05, 0) is 22.0 Å². The Balaban J connectivity index is 2.37. The molecule has 0 aliphatic rings. The summed E-state index contributed by atoms with van der Waals surface area (Å²) in [5, 5.41) is 0. The normalized spacial score (nSPS) is 14.2. The largest absolute Gasteiger partial charge is 0.466 e. The molecule has 86 valence electrons. The van der Waals surface area contributed by atoms with Gasteiger partial charge in [-0.2, -0.15) is 13.2 Å². The molecule has 2 N–H and O–H groups in total. The second kappa shape index (κ2) is 5.00. The van der Waals surface area contributed by atoms with Crippen LogP contribution in [0.25, 0.3) is 0 Å². The molecular formula is C8H9BrF3NO2. The second-order valence-corrected chi connectivity index (χ2v) is 3.72. The van der Waals surface area contributed by atoms with Crippen molar-refractivity contribution in [2.24, 2.45) is 5.73 Å². The Bertz CT molecular complexity index is 313. The van der Waals surface area contributed by atoms with E-state index in [1.54, 1.807) is 6.07 Å². The lowest BCUT2D eigenvalue weighted by molar-refractivity contribution is -0.175. The topological polar surface area (TPSA) is 48.4 Å². The third kappa shape index (κ3) is 4.23. The highest BCUT2D eigenvalue weighted by atomic mass is 79.9. The summed E-state index contributed by atoms with van der Waals surface area (Å²) in [7, 11) is 0. The van der Waals surface area contributed by atoms with E-state index in [-0.39, 0.29) is 6.61 Å². The van der Waals surface area contributed by atoms with Gasteiger partial charge in [-0.25, -0.2) is 0 Å². The maximum absolute atomic E-state index is 11.7. The quantitative estimate of drug-likeness (QED) is 0.926. The van der Waals surface area contributed by atoms with Crippen molar-refractivity contribution in [3.8, 4) is 0 Å². The molecular weight excluding hydrogens is 279 g/mol. The molecule has 7 heteroatoms. The number of rotatable bonds is 4. The fourth-order valence-electron chi connectivity index (χ4n) is 0.947. The molecule has 0 aliphatic heterocycles. The lowest BCUT2D eigenvalue weighted by Gasteiger charge is -2.11. The van der Waals surface area contributed by atoms with Crippen molar-refractivity contribution in [1.29, 1.82) is 0 Å². The maximum atomic E-state index is 11.7. The zero-order valence-corrected chi connectivity index (χ0v) is 9.14. The minimum absolute atomic E-state index is 0.244. The molecule has 0 spiro atoms. The van der Waals surface area contributed by atoms with E-state index in [1.165, 1.54) is 6.26 Å². The van der Waals surface area contributed by atoms with Crippen molar-refractivity contribution >= 4 is 15.9 Å². The first kappa shape index (κ1) is 12.5. The molecule has 0 radical (unpaired) electrons. The van der Waals surface area contributed by atoms with Crippen molar-refractivity contribution in [3.05, 3.63) is 22.6 Å². The smallest absolute Gasteiger partial charge is 0.411 e. The number of nitrogens with two attached hydrogens (primary N) is 1. The van der Waals surface area contributed by atoms with Crippen molar-refractivity contribution in [1.82, 2.24) is 0 Å². The standard InChI is InChI=1S/C8H9BrF3NO2/c9-5-1-2-15-7(5)6(13)3-14-4-8(10,11)12/h1-2,6H,3-4,13H2. The Morgan fingerprint density at radius 1 is 1.53 bits per heavy atom. The molecule has 1 unspecified atom stereocenters. The molecule has 0 aliphatic carbocycles. The average Bonchev–Trinajstić information content (AvgIpc) is 2.48. The van der Waals surface area contributed by atoms with Gasteiger partial charge in [0.1, 0.15) is 12.4 Å². The van der Waals surface area contributed by atoms with Crippen LogP contribution in [0.15, 0.2) is 21.2 Å². The fourth-order valence-corrected chi connectivity index (χ4v) is 1.44. The number of alkyl halides is 3. The highest BCUT2D eigenvalue weighted by molar-refractivity contribution is 9.10. The van der Waals surface area contributed by atoms with E-state index in [9.17, 15) is 13.2 Å². The van der Waals surface area contributed by atoms with Crippen LogP contribution in [0, 0.1) is 0 Å². The Hall–Kier alpha value is -0.530. The maximum Gasteiger partial charge on any atom is 0.411 e. The third-order valence-electron chi connectivity index (χ3n) is 1.54. The van der Waals surface area contributed by atoms with Crippen molar-refractivity contribution in [2.45, 2.75) is 12.2 Å². The Morgan fingerprint density at radius 2 is 2.20 bits per heavy atom. The van der Waals surface area contributed by atoms with Crippen molar-refractivity contribution in [2.75, 3.05) is 13.2 Å². The molecule has 3 nitrogen and oxygen atoms in total. The number of ether oxygens (including phenoxy) is 1. The van der Waals surface area contributed by atoms with E-state index in [0.29, 0.717) is 10.2 Å². The number of hydrogen-bond acceptors (Lipinski definition) is 3. The molecule has 0 bridgehead atoms. The van der Waals surface area contributed by atoms with E-state index in [1.807, 2.05) is 0 Å². The summed E-state index contributed by atoms with van der Waals surface area (Å²) in [6.07, 6.45) is -2.94. The summed E-state index contributed by atoms with van der Waals surface area (Å²) < 4.78 is 45.2. The van der Waals surface area contributed by atoms with Crippen molar-refractivity contribution in [3.63, 3.8) is 0 Å². The van der Waals surface area contributed by atoms with Gasteiger partial charge in [-0.15, -0.1) is 0 Å². The van der Waals surface area contributed by atoms with E-state index in [2.05, 4.69) is 20.7 Å². The van der Waals surface area contributed by atoms with E-state index in [0.717, 1.165) is 0 Å². The molecule has 1 rings (SSSR count). The van der Waals surface area contributed by atoms with Crippen LogP contribution in [0.2, 0.25) is 0 Å². The molecule has 1 heterocycles.